The van der Waals surface area contributed by atoms with Crippen LogP contribution < -0.4 is 9.74 Å². The van der Waals surface area contributed by atoms with Crippen LogP contribution in [-0.4, -0.2) is 24.5 Å². The predicted molar refractivity (Wildman–Crippen MR) is 93.7 cm³/mol. The van der Waals surface area contributed by atoms with Crippen molar-refractivity contribution in [1.82, 2.24) is 9.78 Å². The lowest BCUT2D eigenvalue weighted by Crippen LogP contribution is -2.29. The summed E-state index contributed by atoms with van der Waals surface area (Å²) in [6, 6.07) is 4.57. The Labute approximate surface area is 146 Å². The van der Waals surface area contributed by atoms with E-state index in [1.807, 2.05) is 13.8 Å². The second-order valence-electron chi connectivity index (χ2n) is 6.44. The topological polar surface area (TPSA) is 78.3 Å². The molecule has 0 aliphatic heterocycles. The summed E-state index contributed by atoms with van der Waals surface area (Å²) in [4.78, 5) is 12.5. The summed E-state index contributed by atoms with van der Waals surface area (Å²) >= 11 is 0. The summed E-state index contributed by atoms with van der Waals surface area (Å²) < 4.78 is 43.1. The van der Waals surface area contributed by atoms with E-state index < -0.39 is 21.5 Å². The lowest BCUT2D eigenvalue weighted by atomic mass is 10.0. The maximum atomic E-state index is 13.9. The van der Waals surface area contributed by atoms with Crippen molar-refractivity contribution in [1.29, 1.82) is 0 Å². The van der Waals surface area contributed by atoms with Gasteiger partial charge >= 0.3 is 15.7 Å². The Kier molecular flexibility index (Phi) is 5.31. The van der Waals surface area contributed by atoms with Gasteiger partial charge in [0.05, 0.1) is 11.9 Å². The molecule has 0 atom stereocenters. The third-order valence-corrected chi connectivity index (χ3v) is 4.03. The lowest BCUT2D eigenvalue weighted by Gasteiger charge is -2.15. The average molecular weight is 368 g/mol. The van der Waals surface area contributed by atoms with E-state index in [0.717, 1.165) is 10.9 Å². The maximum Gasteiger partial charge on any atom is 0.311 e. The molecular formula is C17H21FN2O4S. The Morgan fingerprint density at radius 2 is 1.92 bits per heavy atom. The third kappa shape index (κ3) is 4.45. The Morgan fingerprint density at radius 3 is 2.44 bits per heavy atom. The van der Waals surface area contributed by atoms with Gasteiger partial charge in [-0.1, -0.05) is 26.0 Å². The van der Waals surface area contributed by atoms with Gasteiger partial charge in [0, 0.05) is 17.7 Å². The van der Waals surface area contributed by atoms with Gasteiger partial charge in [0.15, 0.2) is 0 Å². The molecule has 0 amide bonds. The van der Waals surface area contributed by atoms with E-state index in [1.165, 1.54) is 13.0 Å². The zero-order valence-electron chi connectivity index (χ0n) is 14.8. The second-order valence-corrected chi connectivity index (χ2v) is 8.01. The van der Waals surface area contributed by atoms with Gasteiger partial charge in [0.1, 0.15) is 5.82 Å². The molecule has 0 bridgehead atoms. The fourth-order valence-corrected chi connectivity index (χ4v) is 2.86. The number of rotatable bonds is 5. The van der Waals surface area contributed by atoms with E-state index in [1.54, 1.807) is 19.1 Å². The van der Waals surface area contributed by atoms with Crippen LogP contribution >= 0.6 is 0 Å². The van der Waals surface area contributed by atoms with Crippen molar-refractivity contribution >= 4 is 10.1 Å². The molecular weight excluding hydrogens is 347 g/mol. The van der Waals surface area contributed by atoms with E-state index in [0.29, 0.717) is 16.8 Å². The average Bonchev–Trinajstić information content (AvgIpc) is 2.48. The van der Waals surface area contributed by atoms with Crippen LogP contribution in [0.15, 0.2) is 23.0 Å². The first-order chi connectivity index (χ1) is 11.5. The van der Waals surface area contributed by atoms with Crippen LogP contribution in [0, 0.1) is 25.6 Å². The van der Waals surface area contributed by atoms with E-state index >= 15 is 0 Å². The van der Waals surface area contributed by atoms with Gasteiger partial charge in [0.25, 0.3) is 0 Å². The summed E-state index contributed by atoms with van der Waals surface area (Å²) in [6.07, 6.45) is 0.865. The fraction of sp³-hybridized carbons (Fsp3) is 0.412. The van der Waals surface area contributed by atoms with Crippen molar-refractivity contribution in [2.75, 3.05) is 6.26 Å². The van der Waals surface area contributed by atoms with E-state index in [4.69, 9.17) is 4.18 Å². The normalized spacial score (nSPS) is 11.8. The van der Waals surface area contributed by atoms with Crippen molar-refractivity contribution in [2.45, 2.75) is 34.2 Å². The summed E-state index contributed by atoms with van der Waals surface area (Å²) in [5, 5.41) is 4.31. The Balaban J connectivity index is 2.76. The summed E-state index contributed by atoms with van der Waals surface area (Å²) in [7, 11) is -3.90. The molecule has 0 N–H and O–H groups in total. The smallest absolute Gasteiger partial charge is 0.311 e. The van der Waals surface area contributed by atoms with E-state index in [2.05, 4.69) is 5.10 Å². The molecule has 0 unspecified atom stereocenters. The molecule has 0 saturated heterocycles. The maximum absolute atomic E-state index is 13.9. The minimum Gasteiger partial charge on any atom is -0.376 e. The third-order valence-electron chi connectivity index (χ3n) is 3.56. The van der Waals surface area contributed by atoms with E-state index in [9.17, 15) is 17.6 Å². The molecule has 25 heavy (non-hydrogen) atoms. The molecule has 0 fully saturated rings. The minimum absolute atomic E-state index is 0.0987. The molecule has 8 heteroatoms. The highest BCUT2D eigenvalue weighted by atomic mass is 32.2. The minimum atomic E-state index is -3.90. The number of benzene rings is 1. The molecule has 2 rings (SSSR count). The number of nitrogens with zero attached hydrogens (tertiary/aromatic N) is 2. The number of aromatic nitrogens is 2. The highest BCUT2D eigenvalue weighted by Crippen LogP contribution is 2.27. The van der Waals surface area contributed by atoms with Gasteiger partial charge in [-0.2, -0.15) is 13.5 Å². The quantitative estimate of drug-likeness (QED) is 0.758. The van der Waals surface area contributed by atoms with Crippen LogP contribution in [0.3, 0.4) is 0 Å². The molecule has 1 aromatic heterocycles. The van der Waals surface area contributed by atoms with Gasteiger partial charge < -0.3 is 4.18 Å². The number of aryl methyl sites for hydroxylation is 1. The first-order valence-electron chi connectivity index (χ1n) is 7.77. The highest BCUT2D eigenvalue weighted by Gasteiger charge is 2.21. The summed E-state index contributed by atoms with van der Waals surface area (Å²) in [5.74, 6) is -0.624. The molecule has 6 nitrogen and oxygen atoms in total. The fourth-order valence-electron chi connectivity index (χ4n) is 2.36. The molecule has 0 aliphatic rings. The van der Waals surface area contributed by atoms with Gasteiger partial charge in [-0.05, 0) is 31.4 Å². The van der Waals surface area contributed by atoms with Crippen molar-refractivity contribution in [2.24, 2.45) is 5.92 Å². The Morgan fingerprint density at radius 1 is 1.28 bits per heavy atom. The second kappa shape index (κ2) is 6.95. The Hall–Kier alpha value is -2.22. The van der Waals surface area contributed by atoms with Crippen molar-refractivity contribution < 1.29 is 17.0 Å². The standard InChI is InChI=1S/C17H21FN2O4S/c1-10(2)9-20-17(21)16(24-25(5,22)23)12(4)15(19-20)13-7-6-11(3)14(18)8-13/h6-8,10H,9H2,1-5H3. The van der Waals surface area contributed by atoms with Gasteiger partial charge in [-0.15, -0.1) is 0 Å². The first-order valence-corrected chi connectivity index (χ1v) is 9.59. The molecule has 1 aromatic carbocycles. The zero-order valence-corrected chi connectivity index (χ0v) is 15.6. The van der Waals surface area contributed by atoms with E-state index in [-0.39, 0.29) is 23.8 Å². The number of hydrogen-bond acceptors (Lipinski definition) is 5. The molecule has 0 spiro atoms. The van der Waals surface area contributed by atoms with Crippen LogP contribution in [0.25, 0.3) is 11.3 Å². The monoisotopic (exact) mass is 368 g/mol. The molecule has 0 radical (unpaired) electrons. The Bertz CT molecular complexity index is 965. The van der Waals surface area contributed by atoms with Gasteiger partial charge in [0.2, 0.25) is 5.75 Å². The predicted octanol–water partition coefficient (Wildman–Crippen LogP) is 2.66. The number of hydrogen-bond donors (Lipinski definition) is 0. The molecule has 0 saturated carbocycles. The lowest BCUT2D eigenvalue weighted by molar-refractivity contribution is 0.440. The molecule has 0 aliphatic carbocycles. The highest BCUT2D eigenvalue weighted by molar-refractivity contribution is 7.86. The van der Waals surface area contributed by atoms with Crippen molar-refractivity contribution in [3.63, 3.8) is 0 Å². The van der Waals surface area contributed by atoms with Crippen LogP contribution in [-0.2, 0) is 16.7 Å². The SMILES string of the molecule is Cc1ccc(-c2nn(CC(C)C)c(=O)c(OS(C)(=O)=O)c2C)cc1F. The summed E-state index contributed by atoms with van der Waals surface area (Å²) in [5.41, 5.74) is 0.838. The summed E-state index contributed by atoms with van der Waals surface area (Å²) in [6.45, 7) is 7.24. The largest absolute Gasteiger partial charge is 0.376 e. The van der Waals surface area contributed by atoms with Gasteiger partial charge in [-0.3, -0.25) is 4.79 Å². The molecule has 1 heterocycles. The zero-order chi connectivity index (χ0) is 18.9. The van der Waals surface area contributed by atoms with Crippen LogP contribution in [0.4, 0.5) is 4.39 Å². The molecule has 2 aromatic rings. The first kappa shape index (κ1) is 19.1. The van der Waals surface area contributed by atoms with Crippen molar-refractivity contribution in [3.05, 3.63) is 45.5 Å². The number of halogens is 1. The van der Waals surface area contributed by atoms with Crippen LogP contribution in [0.2, 0.25) is 0 Å². The van der Waals surface area contributed by atoms with Gasteiger partial charge in [-0.25, -0.2) is 9.07 Å². The van der Waals surface area contributed by atoms with Crippen molar-refractivity contribution in [3.8, 4) is 17.0 Å². The molecule has 136 valence electrons. The van der Waals surface area contributed by atoms with Crippen LogP contribution in [0.1, 0.15) is 25.0 Å². The van der Waals surface area contributed by atoms with Crippen LogP contribution in [0.5, 0.6) is 5.75 Å².